The molecular formula is C9H15NO2. The molecule has 0 bridgehead atoms. The Balaban J connectivity index is 2.04. The van der Waals surface area contributed by atoms with Gasteiger partial charge in [-0.2, -0.15) is 0 Å². The highest BCUT2D eigenvalue weighted by molar-refractivity contribution is 5.89. The van der Waals surface area contributed by atoms with E-state index >= 15 is 0 Å². The first kappa shape index (κ1) is 8.05. The number of ether oxygens (including phenoxy) is 1. The average molecular weight is 169 g/mol. The van der Waals surface area contributed by atoms with Gasteiger partial charge in [0.1, 0.15) is 0 Å². The molecule has 0 aromatic rings. The third-order valence-corrected chi connectivity index (χ3v) is 3.61. The lowest BCUT2D eigenvalue weighted by atomic mass is 10.2. The molecule has 3 nitrogen and oxygen atoms in total. The third-order valence-electron chi connectivity index (χ3n) is 3.61. The van der Waals surface area contributed by atoms with Gasteiger partial charge in [0, 0.05) is 5.54 Å². The number of nitrogens with zero attached hydrogens (tertiary/aromatic N) is 1. The first-order valence-electron chi connectivity index (χ1n) is 4.42. The molecule has 0 unspecified atom stereocenters. The quantitative estimate of drug-likeness (QED) is 0.581. The molecule has 2 rings (SSSR count). The van der Waals surface area contributed by atoms with Crippen LogP contribution in [-0.2, 0) is 9.53 Å². The van der Waals surface area contributed by atoms with E-state index in [0.29, 0.717) is 0 Å². The predicted octanol–water partition coefficient (Wildman–Crippen LogP) is 0.644. The summed E-state index contributed by atoms with van der Waals surface area (Å²) in [4.78, 5) is 13.6. The standard InChI is InChI=1S/C9H15NO2/c1-4-10(2)9-5-8(9,6-9)7(11)12-3/h4-6H2,1-3H3. The van der Waals surface area contributed by atoms with E-state index in [1.165, 1.54) is 7.11 Å². The lowest BCUT2D eigenvalue weighted by Gasteiger charge is -2.16. The van der Waals surface area contributed by atoms with Crippen molar-refractivity contribution in [1.82, 2.24) is 4.90 Å². The molecule has 0 aromatic heterocycles. The van der Waals surface area contributed by atoms with Crippen molar-refractivity contribution >= 4 is 5.97 Å². The molecule has 0 radical (unpaired) electrons. The van der Waals surface area contributed by atoms with Crippen LogP contribution in [0.15, 0.2) is 0 Å². The van der Waals surface area contributed by atoms with Crippen LogP contribution in [0.5, 0.6) is 0 Å². The molecule has 2 aliphatic rings. The van der Waals surface area contributed by atoms with Gasteiger partial charge >= 0.3 is 5.97 Å². The number of hydrogen-bond donors (Lipinski definition) is 0. The minimum atomic E-state index is -0.0908. The molecule has 0 saturated heterocycles. The van der Waals surface area contributed by atoms with Crippen LogP contribution in [0.2, 0.25) is 0 Å². The van der Waals surface area contributed by atoms with Crippen LogP contribution in [-0.4, -0.2) is 37.1 Å². The third kappa shape index (κ3) is 0.637. The van der Waals surface area contributed by atoms with E-state index in [0.717, 1.165) is 19.4 Å². The van der Waals surface area contributed by atoms with Gasteiger partial charge in [-0.1, -0.05) is 6.92 Å². The summed E-state index contributed by atoms with van der Waals surface area (Å²) in [5, 5.41) is 0. The van der Waals surface area contributed by atoms with E-state index in [-0.39, 0.29) is 16.9 Å². The normalized spacial score (nSPS) is 42.3. The van der Waals surface area contributed by atoms with Crippen molar-refractivity contribution in [2.75, 3.05) is 20.7 Å². The molecule has 2 aliphatic carbocycles. The number of methoxy groups -OCH3 is 1. The first-order chi connectivity index (χ1) is 5.63. The second-order valence-electron chi connectivity index (χ2n) is 3.97. The summed E-state index contributed by atoms with van der Waals surface area (Å²) >= 11 is 0. The van der Waals surface area contributed by atoms with Crippen molar-refractivity contribution in [3.63, 3.8) is 0 Å². The van der Waals surface area contributed by atoms with Crippen molar-refractivity contribution in [3.05, 3.63) is 0 Å². The number of esters is 1. The van der Waals surface area contributed by atoms with E-state index in [9.17, 15) is 4.79 Å². The van der Waals surface area contributed by atoms with E-state index < -0.39 is 0 Å². The lowest BCUT2D eigenvalue weighted by Crippen LogP contribution is -2.26. The van der Waals surface area contributed by atoms with Crippen LogP contribution in [0, 0.1) is 5.41 Å². The zero-order chi connectivity index (χ0) is 8.98. The number of rotatable bonds is 3. The molecule has 3 heteroatoms. The highest BCUT2D eigenvalue weighted by atomic mass is 16.5. The topological polar surface area (TPSA) is 29.5 Å². The fourth-order valence-corrected chi connectivity index (χ4v) is 2.33. The first-order valence-corrected chi connectivity index (χ1v) is 4.42. The van der Waals surface area contributed by atoms with Crippen LogP contribution >= 0.6 is 0 Å². The SMILES string of the molecule is CCN(C)C12CC1(C(=O)OC)C2. The van der Waals surface area contributed by atoms with Crippen molar-refractivity contribution in [1.29, 1.82) is 0 Å². The Bertz CT molecular complexity index is 231. The largest absolute Gasteiger partial charge is 0.469 e. The van der Waals surface area contributed by atoms with Crippen LogP contribution < -0.4 is 0 Å². The molecule has 0 N–H and O–H groups in total. The summed E-state index contributed by atoms with van der Waals surface area (Å²) < 4.78 is 4.77. The van der Waals surface area contributed by atoms with Gasteiger partial charge in [-0.3, -0.25) is 9.69 Å². The van der Waals surface area contributed by atoms with Gasteiger partial charge in [0.2, 0.25) is 0 Å². The summed E-state index contributed by atoms with van der Waals surface area (Å²) in [6.07, 6.45) is 2.02. The van der Waals surface area contributed by atoms with Crippen LogP contribution in [0.1, 0.15) is 19.8 Å². The number of carbonyl (C=O) groups excluding carboxylic acids is 1. The second kappa shape index (κ2) is 2.02. The van der Waals surface area contributed by atoms with Gasteiger partial charge in [0.05, 0.1) is 12.5 Å². The Hall–Kier alpha value is -0.570. The second-order valence-corrected chi connectivity index (χ2v) is 3.97. The molecular weight excluding hydrogens is 154 g/mol. The molecule has 0 atom stereocenters. The summed E-state index contributed by atoms with van der Waals surface area (Å²) in [6.45, 7) is 3.13. The predicted molar refractivity (Wildman–Crippen MR) is 44.7 cm³/mol. The van der Waals surface area contributed by atoms with Gasteiger partial charge in [-0.15, -0.1) is 0 Å². The van der Waals surface area contributed by atoms with Gasteiger partial charge in [0.15, 0.2) is 0 Å². The van der Waals surface area contributed by atoms with Crippen molar-refractivity contribution in [2.45, 2.75) is 25.3 Å². The molecule has 12 heavy (non-hydrogen) atoms. The Morgan fingerprint density at radius 3 is 2.58 bits per heavy atom. The van der Waals surface area contributed by atoms with Crippen molar-refractivity contribution < 1.29 is 9.53 Å². The summed E-state index contributed by atoms with van der Waals surface area (Å²) in [7, 11) is 3.56. The number of hydrogen-bond acceptors (Lipinski definition) is 3. The Morgan fingerprint density at radius 2 is 2.17 bits per heavy atom. The molecule has 2 saturated carbocycles. The highest BCUT2D eigenvalue weighted by Crippen LogP contribution is 2.81. The Morgan fingerprint density at radius 1 is 1.58 bits per heavy atom. The molecule has 0 aliphatic heterocycles. The van der Waals surface area contributed by atoms with E-state index in [2.05, 4.69) is 18.9 Å². The average Bonchev–Trinajstić information content (AvgIpc) is 2.86. The Labute approximate surface area is 72.7 Å². The molecule has 0 aromatic carbocycles. The summed E-state index contributed by atoms with van der Waals surface area (Å²) in [5.74, 6) is -0.0113. The van der Waals surface area contributed by atoms with Crippen molar-refractivity contribution in [2.24, 2.45) is 5.41 Å². The summed E-state index contributed by atoms with van der Waals surface area (Å²) in [5.41, 5.74) is 0.112. The fourth-order valence-electron chi connectivity index (χ4n) is 2.33. The zero-order valence-corrected chi connectivity index (χ0v) is 7.89. The number of carbonyl (C=O) groups is 1. The maximum absolute atomic E-state index is 11.3. The lowest BCUT2D eigenvalue weighted by molar-refractivity contribution is -0.144. The molecule has 0 heterocycles. The van der Waals surface area contributed by atoms with Crippen LogP contribution in [0.25, 0.3) is 0 Å². The van der Waals surface area contributed by atoms with Crippen molar-refractivity contribution in [3.8, 4) is 0 Å². The fraction of sp³-hybridized carbons (Fsp3) is 0.889. The van der Waals surface area contributed by atoms with Gasteiger partial charge in [-0.05, 0) is 26.4 Å². The zero-order valence-electron chi connectivity index (χ0n) is 7.89. The van der Waals surface area contributed by atoms with E-state index in [4.69, 9.17) is 4.74 Å². The number of fused-ring (bicyclic) bond motifs is 1. The Kier molecular flexibility index (Phi) is 1.35. The monoisotopic (exact) mass is 169 g/mol. The van der Waals surface area contributed by atoms with Gasteiger partial charge < -0.3 is 4.74 Å². The maximum atomic E-state index is 11.3. The van der Waals surface area contributed by atoms with E-state index in [1.807, 2.05) is 0 Å². The maximum Gasteiger partial charge on any atom is 0.313 e. The smallest absolute Gasteiger partial charge is 0.313 e. The minimum Gasteiger partial charge on any atom is -0.469 e. The molecule has 0 amide bonds. The summed E-state index contributed by atoms with van der Waals surface area (Å²) in [6, 6.07) is 0. The van der Waals surface area contributed by atoms with Crippen LogP contribution in [0.4, 0.5) is 0 Å². The highest BCUT2D eigenvalue weighted by Gasteiger charge is 2.89. The van der Waals surface area contributed by atoms with E-state index in [1.54, 1.807) is 0 Å². The molecule has 2 fully saturated rings. The molecule has 0 spiro atoms. The van der Waals surface area contributed by atoms with Gasteiger partial charge in [-0.25, -0.2) is 0 Å². The minimum absolute atomic E-state index is 0.0113. The van der Waals surface area contributed by atoms with Gasteiger partial charge in [0.25, 0.3) is 0 Å². The molecule has 68 valence electrons. The van der Waals surface area contributed by atoms with Crippen LogP contribution in [0.3, 0.4) is 0 Å².